The molecule has 1 N–H and O–H groups in total. The van der Waals surface area contributed by atoms with Crippen molar-refractivity contribution in [3.8, 4) is 5.75 Å². The Labute approximate surface area is 141 Å². The molecule has 1 aromatic heterocycles. The van der Waals surface area contributed by atoms with Gasteiger partial charge in [0.25, 0.3) is 0 Å². The summed E-state index contributed by atoms with van der Waals surface area (Å²) < 4.78 is 10.4. The number of amides is 1. The lowest BCUT2D eigenvalue weighted by Crippen LogP contribution is -2.29. The van der Waals surface area contributed by atoms with Crippen molar-refractivity contribution in [2.24, 2.45) is 5.92 Å². The number of benzene rings is 1. The highest BCUT2D eigenvalue weighted by molar-refractivity contribution is 5.91. The number of rotatable bonds is 6. The van der Waals surface area contributed by atoms with Crippen molar-refractivity contribution < 1.29 is 13.9 Å². The summed E-state index contributed by atoms with van der Waals surface area (Å²) in [7, 11) is 1.68. The van der Waals surface area contributed by atoms with Gasteiger partial charge in [0.1, 0.15) is 11.5 Å². The quantitative estimate of drug-likeness (QED) is 0.829. The van der Waals surface area contributed by atoms with E-state index in [0.29, 0.717) is 18.2 Å². The number of hydrogen-bond donors (Lipinski definition) is 1. The minimum absolute atomic E-state index is 0.0915. The lowest BCUT2D eigenvalue weighted by atomic mass is 10.1. The number of anilines is 1. The SMILES string of the molecule is COc1cccc(N2CCC(CNC(=O)C=Cc3ccco3)C2)c1. The van der Waals surface area contributed by atoms with Crippen LogP contribution >= 0.6 is 0 Å². The summed E-state index contributed by atoms with van der Waals surface area (Å²) in [6, 6.07) is 11.7. The van der Waals surface area contributed by atoms with E-state index in [2.05, 4.69) is 16.3 Å². The zero-order valence-corrected chi connectivity index (χ0v) is 13.8. The Hall–Kier alpha value is -2.69. The van der Waals surface area contributed by atoms with Gasteiger partial charge in [0.05, 0.1) is 13.4 Å². The van der Waals surface area contributed by atoms with Crippen molar-refractivity contribution in [2.75, 3.05) is 31.6 Å². The van der Waals surface area contributed by atoms with E-state index in [9.17, 15) is 4.79 Å². The number of nitrogens with one attached hydrogen (secondary N) is 1. The molecular weight excluding hydrogens is 304 g/mol. The van der Waals surface area contributed by atoms with Crippen molar-refractivity contribution in [3.63, 3.8) is 0 Å². The van der Waals surface area contributed by atoms with E-state index in [-0.39, 0.29) is 5.91 Å². The maximum atomic E-state index is 11.9. The summed E-state index contributed by atoms with van der Waals surface area (Å²) >= 11 is 0. The van der Waals surface area contributed by atoms with Gasteiger partial charge in [-0.15, -0.1) is 0 Å². The molecule has 0 radical (unpaired) electrons. The first-order valence-electron chi connectivity index (χ1n) is 8.13. The Morgan fingerprint density at radius 1 is 1.42 bits per heavy atom. The summed E-state index contributed by atoms with van der Waals surface area (Å²) in [5.41, 5.74) is 1.17. The van der Waals surface area contributed by atoms with E-state index in [1.165, 1.54) is 11.8 Å². The predicted molar refractivity (Wildman–Crippen MR) is 94.1 cm³/mol. The topological polar surface area (TPSA) is 54.7 Å². The highest BCUT2D eigenvalue weighted by Crippen LogP contribution is 2.26. The molecule has 1 saturated heterocycles. The van der Waals surface area contributed by atoms with Gasteiger partial charge in [-0.2, -0.15) is 0 Å². The van der Waals surface area contributed by atoms with Crippen molar-refractivity contribution >= 4 is 17.7 Å². The molecule has 126 valence electrons. The predicted octanol–water partition coefficient (Wildman–Crippen LogP) is 2.94. The first kappa shape index (κ1) is 16.2. The van der Waals surface area contributed by atoms with Crippen LogP contribution in [0.15, 0.2) is 53.2 Å². The van der Waals surface area contributed by atoms with E-state index in [1.54, 1.807) is 25.5 Å². The largest absolute Gasteiger partial charge is 0.497 e. The van der Waals surface area contributed by atoms with Crippen LogP contribution in [0.5, 0.6) is 5.75 Å². The van der Waals surface area contributed by atoms with E-state index in [0.717, 1.165) is 25.3 Å². The van der Waals surface area contributed by atoms with Gasteiger partial charge in [-0.1, -0.05) is 6.07 Å². The highest BCUT2D eigenvalue weighted by Gasteiger charge is 2.23. The fourth-order valence-electron chi connectivity index (χ4n) is 2.89. The molecular formula is C19H22N2O3. The second kappa shape index (κ2) is 7.73. The number of furan rings is 1. The molecule has 1 aliphatic heterocycles. The molecule has 1 aliphatic rings. The van der Waals surface area contributed by atoms with Gasteiger partial charge in [-0.3, -0.25) is 4.79 Å². The third-order valence-electron chi connectivity index (χ3n) is 4.21. The normalized spacial score (nSPS) is 17.4. The van der Waals surface area contributed by atoms with E-state index < -0.39 is 0 Å². The summed E-state index contributed by atoms with van der Waals surface area (Å²) in [4.78, 5) is 14.2. The number of ether oxygens (including phenoxy) is 1. The minimum atomic E-state index is -0.0915. The van der Waals surface area contributed by atoms with Crippen molar-refractivity contribution in [2.45, 2.75) is 6.42 Å². The van der Waals surface area contributed by atoms with Gasteiger partial charge in [0, 0.05) is 37.5 Å². The van der Waals surface area contributed by atoms with E-state index in [4.69, 9.17) is 9.15 Å². The zero-order chi connectivity index (χ0) is 16.8. The summed E-state index contributed by atoms with van der Waals surface area (Å²) in [5, 5.41) is 2.96. The second-order valence-electron chi connectivity index (χ2n) is 5.90. The van der Waals surface area contributed by atoms with Gasteiger partial charge in [-0.05, 0) is 42.7 Å². The molecule has 1 aromatic carbocycles. The molecule has 2 aromatic rings. The molecule has 1 amide bonds. The summed E-state index contributed by atoms with van der Waals surface area (Å²) in [6.07, 6.45) is 5.84. The smallest absolute Gasteiger partial charge is 0.244 e. The molecule has 5 nitrogen and oxygen atoms in total. The Kier molecular flexibility index (Phi) is 5.21. The second-order valence-corrected chi connectivity index (χ2v) is 5.90. The van der Waals surface area contributed by atoms with Crippen LogP contribution in [-0.4, -0.2) is 32.7 Å². The molecule has 3 rings (SSSR count). The van der Waals surface area contributed by atoms with Crippen LogP contribution in [0.3, 0.4) is 0 Å². The van der Waals surface area contributed by atoms with Crippen LogP contribution in [0.25, 0.3) is 6.08 Å². The average molecular weight is 326 g/mol. The summed E-state index contributed by atoms with van der Waals surface area (Å²) in [6.45, 7) is 2.62. The van der Waals surface area contributed by atoms with Gasteiger partial charge in [-0.25, -0.2) is 0 Å². The Morgan fingerprint density at radius 3 is 3.12 bits per heavy atom. The van der Waals surface area contributed by atoms with Crippen LogP contribution in [0.2, 0.25) is 0 Å². The fourth-order valence-corrected chi connectivity index (χ4v) is 2.89. The van der Waals surface area contributed by atoms with Crippen molar-refractivity contribution in [1.82, 2.24) is 5.32 Å². The maximum Gasteiger partial charge on any atom is 0.244 e. The van der Waals surface area contributed by atoms with Crippen LogP contribution < -0.4 is 15.0 Å². The first-order chi connectivity index (χ1) is 11.7. The number of nitrogens with zero attached hydrogens (tertiary/aromatic N) is 1. The van der Waals surface area contributed by atoms with Crippen molar-refractivity contribution in [3.05, 3.63) is 54.5 Å². The first-order valence-corrected chi connectivity index (χ1v) is 8.13. The molecule has 2 heterocycles. The van der Waals surface area contributed by atoms with Gasteiger partial charge >= 0.3 is 0 Å². The molecule has 5 heteroatoms. The fraction of sp³-hybridized carbons (Fsp3) is 0.316. The summed E-state index contributed by atoms with van der Waals surface area (Å²) in [5.74, 6) is 1.91. The number of carbonyl (C=O) groups is 1. The number of hydrogen-bond acceptors (Lipinski definition) is 4. The molecule has 24 heavy (non-hydrogen) atoms. The average Bonchev–Trinajstić information content (AvgIpc) is 3.30. The third-order valence-corrected chi connectivity index (χ3v) is 4.21. The van der Waals surface area contributed by atoms with Gasteiger partial charge < -0.3 is 19.4 Å². The van der Waals surface area contributed by atoms with Gasteiger partial charge in [0.2, 0.25) is 5.91 Å². The van der Waals surface area contributed by atoms with Gasteiger partial charge in [0.15, 0.2) is 0 Å². The monoisotopic (exact) mass is 326 g/mol. The Balaban J connectivity index is 1.46. The van der Waals surface area contributed by atoms with E-state index >= 15 is 0 Å². The minimum Gasteiger partial charge on any atom is -0.497 e. The third kappa shape index (κ3) is 4.19. The Morgan fingerprint density at radius 2 is 2.33 bits per heavy atom. The Bertz CT molecular complexity index is 694. The molecule has 0 aliphatic carbocycles. The molecule has 0 spiro atoms. The van der Waals surface area contributed by atoms with Crippen LogP contribution in [0, 0.1) is 5.92 Å². The molecule has 0 bridgehead atoms. The van der Waals surface area contributed by atoms with E-state index in [1.807, 2.05) is 24.3 Å². The van der Waals surface area contributed by atoms with Crippen LogP contribution in [0.4, 0.5) is 5.69 Å². The molecule has 0 saturated carbocycles. The van der Waals surface area contributed by atoms with Crippen LogP contribution in [0.1, 0.15) is 12.2 Å². The number of carbonyl (C=O) groups excluding carboxylic acids is 1. The molecule has 1 unspecified atom stereocenters. The standard InChI is InChI=1S/C19H22N2O3/c1-23-18-5-2-4-16(12-18)21-10-9-15(14-21)13-20-19(22)8-7-17-6-3-11-24-17/h2-8,11-12,15H,9-10,13-14H2,1H3,(H,20,22). The van der Waals surface area contributed by atoms with Crippen LogP contribution in [-0.2, 0) is 4.79 Å². The zero-order valence-electron chi connectivity index (χ0n) is 13.8. The lowest BCUT2D eigenvalue weighted by molar-refractivity contribution is -0.116. The lowest BCUT2D eigenvalue weighted by Gasteiger charge is -2.19. The van der Waals surface area contributed by atoms with Crippen molar-refractivity contribution in [1.29, 1.82) is 0 Å². The molecule has 1 fully saturated rings. The maximum absolute atomic E-state index is 11.9. The number of methoxy groups -OCH3 is 1. The molecule has 1 atom stereocenters. The highest BCUT2D eigenvalue weighted by atomic mass is 16.5.